The summed E-state index contributed by atoms with van der Waals surface area (Å²) in [4.78, 5) is 0. The monoisotopic (exact) mass is 263 g/mol. The minimum atomic E-state index is 0.461. The summed E-state index contributed by atoms with van der Waals surface area (Å²) in [5.74, 6) is 0.863. The van der Waals surface area contributed by atoms with E-state index in [0.717, 1.165) is 12.0 Å². The quantitative estimate of drug-likeness (QED) is 0.698. The Bertz CT molecular complexity index is 297. The molecule has 2 aliphatic rings. The lowest BCUT2D eigenvalue weighted by Crippen LogP contribution is -2.44. The first-order chi connectivity index (χ1) is 9.07. The lowest BCUT2D eigenvalue weighted by Gasteiger charge is -2.41. The standard InChI is InChI=1S/C18H33N/c1-18(2,3)16-11-7-8-12-17(16)19-14-13-15-9-5-4-6-10-15/h9,16-17,19H,4-8,10-14H2,1-3H3. The van der Waals surface area contributed by atoms with Crippen LogP contribution in [0.5, 0.6) is 0 Å². The summed E-state index contributed by atoms with van der Waals surface area (Å²) >= 11 is 0. The van der Waals surface area contributed by atoms with E-state index >= 15 is 0 Å². The first-order valence-corrected chi connectivity index (χ1v) is 8.48. The van der Waals surface area contributed by atoms with Crippen LogP contribution in [0.2, 0.25) is 0 Å². The molecular weight excluding hydrogens is 230 g/mol. The van der Waals surface area contributed by atoms with Gasteiger partial charge in [-0.3, -0.25) is 0 Å². The molecule has 19 heavy (non-hydrogen) atoms. The molecule has 2 unspecified atom stereocenters. The normalized spacial score (nSPS) is 29.1. The SMILES string of the molecule is CC(C)(C)C1CCCCC1NCCC1=CCCCC1. The van der Waals surface area contributed by atoms with E-state index in [-0.39, 0.29) is 0 Å². The molecule has 0 aromatic heterocycles. The van der Waals surface area contributed by atoms with Crippen LogP contribution >= 0.6 is 0 Å². The van der Waals surface area contributed by atoms with Crippen molar-refractivity contribution in [2.45, 2.75) is 84.6 Å². The molecule has 0 aliphatic heterocycles. The molecule has 1 saturated carbocycles. The van der Waals surface area contributed by atoms with Crippen molar-refractivity contribution in [1.82, 2.24) is 5.32 Å². The molecule has 1 nitrogen and oxygen atoms in total. The average molecular weight is 263 g/mol. The van der Waals surface area contributed by atoms with Gasteiger partial charge >= 0.3 is 0 Å². The molecule has 0 radical (unpaired) electrons. The van der Waals surface area contributed by atoms with E-state index in [4.69, 9.17) is 0 Å². The van der Waals surface area contributed by atoms with Gasteiger partial charge in [-0.15, -0.1) is 0 Å². The maximum atomic E-state index is 3.88. The fourth-order valence-corrected chi connectivity index (χ4v) is 3.96. The Labute approximate surface area is 120 Å². The summed E-state index contributed by atoms with van der Waals surface area (Å²) in [5.41, 5.74) is 2.17. The van der Waals surface area contributed by atoms with Crippen LogP contribution < -0.4 is 5.32 Å². The highest BCUT2D eigenvalue weighted by Crippen LogP contribution is 2.38. The Morgan fingerprint density at radius 3 is 2.58 bits per heavy atom. The van der Waals surface area contributed by atoms with Crippen molar-refractivity contribution in [3.8, 4) is 0 Å². The van der Waals surface area contributed by atoms with Crippen LogP contribution in [0, 0.1) is 11.3 Å². The van der Waals surface area contributed by atoms with Crippen LogP contribution in [0.4, 0.5) is 0 Å². The van der Waals surface area contributed by atoms with Gasteiger partial charge in [-0.2, -0.15) is 0 Å². The summed E-state index contributed by atoms with van der Waals surface area (Å²) in [7, 11) is 0. The molecule has 0 aromatic rings. The van der Waals surface area contributed by atoms with Gasteiger partial charge in [0, 0.05) is 6.04 Å². The maximum absolute atomic E-state index is 3.88. The van der Waals surface area contributed by atoms with Gasteiger partial charge in [0.1, 0.15) is 0 Å². The molecular formula is C18H33N. The molecule has 2 rings (SSSR count). The fourth-order valence-electron chi connectivity index (χ4n) is 3.96. The van der Waals surface area contributed by atoms with Gasteiger partial charge in [-0.05, 0) is 62.8 Å². The average Bonchev–Trinajstić information content (AvgIpc) is 2.39. The first-order valence-electron chi connectivity index (χ1n) is 8.48. The van der Waals surface area contributed by atoms with Gasteiger partial charge in [0.15, 0.2) is 0 Å². The second kappa shape index (κ2) is 6.92. The molecule has 1 fully saturated rings. The second-order valence-corrected chi connectivity index (χ2v) is 7.68. The highest BCUT2D eigenvalue weighted by molar-refractivity contribution is 5.05. The van der Waals surface area contributed by atoms with Crippen LogP contribution in [0.3, 0.4) is 0 Å². The second-order valence-electron chi connectivity index (χ2n) is 7.68. The van der Waals surface area contributed by atoms with E-state index in [1.165, 1.54) is 64.3 Å². The summed E-state index contributed by atoms with van der Waals surface area (Å²) < 4.78 is 0. The Balaban J connectivity index is 1.78. The Kier molecular flexibility index (Phi) is 5.50. The number of hydrogen-bond acceptors (Lipinski definition) is 1. The molecule has 1 heteroatoms. The van der Waals surface area contributed by atoms with E-state index in [1.54, 1.807) is 5.57 Å². The van der Waals surface area contributed by atoms with E-state index in [1.807, 2.05) is 0 Å². The zero-order valence-electron chi connectivity index (χ0n) is 13.3. The molecule has 0 spiro atoms. The predicted molar refractivity (Wildman–Crippen MR) is 84.4 cm³/mol. The smallest absolute Gasteiger partial charge is 0.0100 e. The number of hydrogen-bond donors (Lipinski definition) is 1. The van der Waals surface area contributed by atoms with Gasteiger partial charge in [0.25, 0.3) is 0 Å². The van der Waals surface area contributed by atoms with Crippen molar-refractivity contribution < 1.29 is 0 Å². The van der Waals surface area contributed by atoms with Crippen molar-refractivity contribution in [3.05, 3.63) is 11.6 Å². The van der Waals surface area contributed by atoms with Crippen LogP contribution in [-0.2, 0) is 0 Å². The topological polar surface area (TPSA) is 12.0 Å². The zero-order valence-corrected chi connectivity index (χ0v) is 13.3. The van der Waals surface area contributed by atoms with Crippen molar-refractivity contribution in [2.75, 3.05) is 6.54 Å². The van der Waals surface area contributed by atoms with Crippen LogP contribution in [0.25, 0.3) is 0 Å². The molecule has 0 amide bonds. The zero-order chi connectivity index (χ0) is 13.7. The summed E-state index contributed by atoms with van der Waals surface area (Å²) in [6.45, 7) is 8.45. The summed E-state index contributed by atoms with van der Waals surface area (Å²) in [5, 5.41) is 3.88. The minimum Gasteiger partial charge on any atom is -0.313 e. The largest absolute Gasteiger partial charge is 0.313 e. The van der Waals surface area contributed by atoms with Crippen molar-refractivity contribution in [1.29, 1.82) is 0 Å². The highest BCUT2D eigenvalue weighted by atomic mass is 14.9. The maximum Gasteiger partial charge on any atom is 0.0100 e. The van der Waals surface area contributed by atoms with Gasteiger partial charge in [-0.25, -0.2) is 0 Å². The fraction of sp³-hybridized carbons (Fsp3) is 0.889. The van der Waals surface area contributed by atoms with E-state index < -0.39 is 0 Å². The predicted octanol–water partition coefficient (Wildman–Crippen LogP) is 5.07. The van der Waals surface area contributed by atoms with Crippen LogP contribution in [-0.4, -0.2) is 12.6 Å². The molecule has 2 atom stereocenters. The summed E-state index contributed by atoms with van der Waals surface area (Å²) in [6.07, 6.45) is 15.0. The summed E-state index contributed by atoms with van der Waals surface area (Å²) in [6, 6.07) is 0.762. The number of allylic oxidation sites excluding steroid dienone is 1. The van der Waals surface area contributed by atoms with Gasteiger partial charge in [0.2, 0.25) is 0 Å². The van der Waals surface area contributed by atoms with Crippen LogP contribution in [0.1, 0.15) is 78.6 Å². The minimum absolute atomic E-state index is 0.461. The number of nitrogens with one attached hydrogen (secondary N) is 1. The van der Waals surface area contributed by atoms with Gasteiger partial charge < -0.3 is 5.32 Å². The molecule has 1 N–H and O–H groups in total. The Morgan fingerprint density at radius 2 is 1.89 bits per heavy atom. The van der Waals surface area contributed by atoms with Crippen LogP contribution in [0.15, 0.2) is 11.6 Å². The van der Waals surface area contributed by atoms with Crippen molar-refractivity contribution in [2.24, 2.45) is 11.3 Å². The highest BCUT2D eigenvalue weighted by Gasteiger charge is 2.33. The third-order valence-electron chi connectivity index (χ3n) is 5.12. The lowest BCUT2D eigenvalue weighted by molar-refractivity contribution is 0.131. The molecule has 0 aromatic carbocycles. The van der Waals surface area contributed by atoms with Gasteiger partial charge in [0.05, 0.1) is 0 Å². The lowest BCUT2D eigenvalue weighted by atomic mass is 9.69. The van der Waals surface area contributed by atoms with Crippen molar-refractivity contribution >= 4 is 0 Å². The Hall–Kier alpha value is -0.300. The molecule has 2 aliphatic carbocycles. The van der Waals surface area contributed by atoms with E-state index in [9.17, 15) is 0 Å². The third-order valence-corrected chi connectivity index (χ3v) is 5.12. The first kappa shape index (κ1) is 15.1. The van der Waals surface area contributed by atoms with E-state index in [2.05, 4.69) is 32.2 Å². The number of rotatable bonds is 4. The van der Waals surface area contributed by atoms with Gasteiger partial charge in [-0.1, -0.05) is 45.3 Å². The molecule has 0 heterocycles. The molecule has 0 saturated heterocycles. The molecule has 0 bridgehead atoms. The Morgan fingerprint density at radius 1 is 1.11 bits per heavy atom. The van der Waals surface area contributed by atoms with E-state index in [0.29, 0.717) is 5.41 Å². The third kappa shape index (κ3) is 4.63. The van der Waals surface area contributed by atoms with Crippen molar-refractivity contribution in [3.63, 3.8) is 0 Å². The molecule has 110 valence electrons.